The average molecular weight is 332 g/mol. The van der Waals surface area contributed by atoms with Crippen molar-refractivity contribution in [3.63, 3.8) is 0 Å². The molecule has 1 aromatic heterocycles. The van der Waals surface area contributed by atoms with Gasteiger partial charge in [0.1, 0.15) is 10.7 Å². The van der Waals surface area contributed by atoms with Gasteiger partial charge in [0.25, 0.3) is 5.91 Å². The van der Waals surface area contributed by atoms with Crippen LogP contribution >= 0.6 is 11.3 Å². The van der Waals surface area contributed by atoms with Gasteiger partial charge in [-0.25, -0.2) is 9.37 Å². The Kier molecular flexibility index (Phi) is 5.06. The maximum atomic E-state index is 12.9. The van der Waals surface area contributed by atoms with Crippen LogP contribution in [0.2, 0.25) is 0 Å². The third-order valence-corrected chi connectivity index (χ3v) is 5.42. The number of aromatic nitrogens is 1. The lowest BCUT2D eigenvalue weighted by Gasteiger charge is -2.32. The van der Waals surface area contributed by atoms with Gasteiger partial charge in [-0.2, -0.15) is 0 Å². The molecule has 0 bridgehead atoms. The van der Waals surface area contributed by atoms with Crippen molar-refractivity contribution in [3.05, 3.63) is 51.7 Å². The normalized spacial score (nSPS) is 18.2. The van der Waals surface area contributed by atoms with Gasteiger partial charge in [-0.05, 0) is 56.2 Å². The quantitative estimate of drug-likeness (QED) is 0.845. The van der Waals surface area contributed by atoms with Crippen molar-refractivity contribution >= 4 is 17.2 Å². The van der Waals surface area contributed by atoms with Crippen molar-refractivity contribution in [1.29, 1.82) is 0 Å². The van der Waals surface area contributed by atoms with Gasteiger partial charge in [-0.3, -0.25) is 4.79 Å². The van der Waals surface area contributed by atoms with Crippen LogP contribution in [0.25, 0.3) is 0 Å². The Morgan fingerprint density at radius 1 is 1.39 bits per heavy atom. The fourth-order valence-corrected chi connectivity index (χ4v) is 3.93. The molecule has 2 heterocycles. The van der Waals surface area contributed by atoms with E-state index in [9.17, 15) is 9.18 Å². The summed E-state index contributed by atoms with van der Waals surface area (Å²) in [5.74, 6) is 0.450. The highest BCUT2D eigenvalue weighted by Gasteiger charge is 2.26. The molecule has 2 aromatic rings. The molecule has 1 aliphatic rings. The van der Waals surface area contributed by atoms with Crippen molar-refractivity contribution in [2.75, 3.05) is 13.1 Å². The number of hydrogen-bond acceptors (Lipinski definition) is 3. The minimum atomic E-state index is -0.192. The monoisotopic (exact) mass is 332 g/mol. The average Bonchev–Trinajstić information content (AvgIpc) is 3.00. The topological polar surface area (TPSA) is 33.2 Å². The van der Waals surface area contributed by atoms with Crippen molar-refractivity contribution in [1.82, 2.24) is 9.88 Å². The lowest BCUT2D eigenvalue weighted by Crippen LogP contribution is -2.40. The van der Waals surface area contributed by atoms with Crippen molar-refractivity contribution in [3.8, 4) is 0 Å². The molecule has 3 nitrogen and oxygen atoms in total. The number of hydrogen-bond donors (Lipinski definition) is 0. The molecule has 1 fully saturated rings. The van der Waals surface area contributed by atoms with Crippen LogP contribution in [0.4, 0.5) is 4.39 Å². The van der Waals surface area contributed by atoms with Gasteiger partial charge in [0, 0.05) is 13.1 Å². The van der Waals surface area contributed by atoms with Gasteiger partial charge in [0.05, 0.1) is 11.2 Å². The number of amides is 1. The number of carbonyl (C=O) groups is 1. The molecule has 1 atom stereocenters. The Morgan fingerprint density at radius 3 is 2.87 bits per heavy atom. The van der Waals surface area contributed by atoms with E-state index < -0.39 is 0 Å². The Hall–Kier alpha value is -1.75. The third-order valence-electron chi connectivity index (χ3n) is 4.50. The van der Waals surface area contributed by atoms with E-state index in [-0.39, 0.29) is 11.7 Å². The zero-order valence-electron chi connectivity index (χ0n) is 13.3. The second-order valence-corrected chi connectivity index (χ2v) is 7.05. The largest absolute Gasteiger partial charge is 0.338 e. The number of rotatable bonds is 4. The number of halogens is 1. The van der Waals surface area contributed by atoms with E-state index in [1.54, 1.807) is 5.51 Å². The summed E-state index contributed by atoms with van der Waals surface area (Å²) in [6.07, 6.45) is 4.19. The van der Waals surface area contributed by atoms with Crippen molar-refractivity contribution in [2.24, 2.45) is 5.92 Å². The van der Waals surface area contributed by atoms with Crippen LogP contribution in [0.5, 0.6) is 0 Å². The zero-order valence-corrected chi connectivity index (χ0v) is 14.1. The number of nitrogens with zero attached hydrogens (tertiary/aromatic N) is 2. The maximum absolute atomic E-state index is 12.9. The van der Waals surface area contributed by atoms with Crippen molar-refractivity contribution < 1.29 is 9.18 Å². The maximum Gasteiger partial charge on any atom is 0.265 e. The fraction of sp³-hybridized carbons (Fsp3) is 0.444. The highest BCUT2D eigenvalue weighted by molar-refractivity contribution is 7.11. The zero-order chi connectivity index (χ0) is 16.2. The van der Waals surface area contributed by atoms with Gasteiger partial charge >= 0.3 is 0 Å². The molecule has 0 radical (unpaired) electrons. The van der Waals surface area contributed by atoms with Gasteiger partial charge in [0.2, 0.25) is 0 Å². The summed E-state index contributed by atoms with van der Waals surface area (Å²) in [5.41, 5.74) is 3.72. The molecule has 3 rings (SSSR count). The van der Waals surface area contributed by atoms with Crippen LogP contribution in [0.1, 0.15) is 40.2 Å². The Morgan fingerprint density at radius 2 is 2.17 bits per heavy atom. The molecule has 0 N–H and O–H groups in total. The Balaban J connectivity index is 1.57. The summed E-state index contributed by atoms with van der Waals surface area (Å²) in [4.78, 5) is 19.5. The lowest BCUT2D eigenvalue weighted by atomic mass is 9.91. The van der Waals surface area contributed by atoms with Crippen LogP contribution in [-0.2, 0) is 6.42 Å². The predicted molar refractivity (Wildman–Crippen MR) is 90.2 cm³/mol. The predicted octanol–water partition coefficient (Wildman–Crippen LogP) is 4.08. The molecule has 122 valence electrons. The second kappa shape index (κ2) is 7.21. The first-order chi connectivity index (χ1) is 11.1. The van der Waals surface area contributed by atoms with Crippen LogP contribution < -0.4 is 0 Å². The smallest absolute Gasteiger partial charge is 0.265 e. The van der Waals surface area contributed by atoms with Gasteiger partial charge in [-0.15, -0.1) is 11.3 Å². The van der Waals surface area contributed by atoms with Gasteiger partial charge in [-0.1, -0.05) is 12.1 Å². The highest BCUT2D eigenvalue weighted by atomic mass is 32.1. The first-order valence-electron chi connectivity index (χ1n) is 8.07. The molecule has 1 saturated heterocycles. The lowest BCUT2D eigenvalue weighted by molar-refractivity contribution is 0.0672. The Labute approximate surface area is 140 Å². The Bertz CT molecular complexity index is 668. The van der Waals surface area contributed by atoms with Crippen molar-refractivity contribution in [2.45, 2.75) is 32.6 Å². The standard InChI is InChI=1S/C18H21FN2OS/c1-13-17(23-12-20-13)18(22)21-10-2-3-15(11-21)5-4-14-6-8-16(19)9-7-14/h6-9,12,15H,2-5,10-11H2,1H3/t15-/m0/s1. The minimum absolute atomic E-state index is 0.122. The molecule has 0 unspecified atom stereocenters. The molecular formula is C18H21FN2OS. The highest BCUT2D eigenvalue weighted by Crippen LogP contribution is 2.24. The molecule has 23 heavy (non-hydrogen) atoms. The molecule has 0 aliphatic carbocycles. The van der Waals surface area contributed by atoms with Gasteiger partial charge in [0.15, 0.2) is 0 Å². The fourth-order valence-electron chi connectivity index (χ4n) is 3.16. The number of aryl methyl sites for hydroxylation is 2. The summed E-state index contributed by atoms with van der Waals surface area (Å²) in [7, 11) is 0. The van der Waals surface area contributed by atoms with E-state index >= 15 is 0 Å². The van der Waals surface area contributed by atoms with E-state index in [2.05, 4.69) is 4.98 Å². The van der Waals surface area contributed by atoms with E-state index in [4.69, 9.17) is 0 Å². The molecule has 1 aromatic carbocycles. The van der Waals surface area contributed by atoms with E-state index in [1.165, 1.54) is 23.5 Å². The van der Waals surface area contributed by atoms with E-state index in [0.717, 1.165) is 54.9 Å². The summed E-state index contributed by atoms with van der Waals surface area (Å²) in [6.45, 7) is 3.54. The van der Waals surface area contributed by atoms with Crippen LogP contribution in [-0.4, -0.2) is 28.9 Å². The second-order valence-electron chi connectivity index (χ2n) is 6.19. The minimum Gasteiger partial charge on any atom is -0.338 e. The summed E-state index contributed by atoms with van der Waals surface area (Å²) < 4.78 is 12.9. The van der Waals surface area contributed by atoms with Crippen LogP contribution in [0, 0.1) is 18.7 Å². The molecule has 1 aliphatic heterocycles. The molecule has 0 spiro atoms. The number of carbonyl (C=O) groups excluding carboxylic acids is 1. The first-order valence-corrected chi connectivity index (χ1v) is 8.95. The van der Waals surface area contributed by atoms with Gasteiger partial charge < -0.3 is 4.90 Å². The first kappa shape index (κ1) is 16.1. The molecular weight excluding hydrogens is 311 g/mol. The number of benzene rings is 1. The molecule has 5 heteroatoms. The summed E-state index contributed by atoms with van der Waals surface area (Å²) in [6, 6.07) is 6.72. The molecule has 0 saturated carbocycles. The van der Waals surface area contributed by atoms with Crippen LogP contribution in [0.15, 0.2) is 29.8 Å². The molecule has 1 amide bonds. The van der Waals surface area contributed by atoms with Crippen LogP contribution in [0.3, 0.4) is 0 Å². The number of likely N-dealkylation sites (tertiary alicyclic amines) is 1. The van der Waals surface area contributed by atoms with E-state index in [1.807, 2.05) is 24.0 Å². The SMILES string of the molecule is Cc1ncsc1C(=O)N1CCC[C@@H](CCc2ccc(F)cc2)C1. The summed E-state index contributed by atoms with van der Waals surface area (Å²) in [5, 5.41) is 0. The third kappa shape index (κ3) is 3.96. The summed E-state index contributed by atoms with van der Waals surface area (Å²) >= 11 is 1.43. The van der Waals surface area contributed by atoms with E-state index in [0.29, 0.717) is 5.92 Å². The number of piperidine rings is 1. The number of thiazole rings is 1.